The van der Waals surface area contributed by atoms with E-state index in [2.05, 4.69) is 5.32 Å². The normalized spacial score (nSPS) is 18.3. The second-order valence-electron chi connectivity index (χ2n) is 4.92. The second kappa shape index (κ2) is 6.57. The Labute approximate surface area is 114 Å². The van der Waals surface area contributed by atoms with Crippen molar-refractivity contribution in [3.8, 4) is 5.75 Å². The van der Waals surface area contributed by atoms with E-state index in [1.165, 1.54) is 0 Å². The molecule has 4 nitrogen and oxygen atoms in total. The highest BCUT2D eigenvalue weighted by Gasteiger charge is 2.16. The van der Waals surface area contributed by atoms with Gasteiger partial charge in [-0.1, -0.05) is 12.1 Å². The smallest absolute Gasteiger partial charge is 0.224 e. The van der Waals surface area contributed by atoms with E-state index >= 15 is 0 Å². The minimum Gasteiger partial charge on any atom is -0.496 e. The lowest BCUT2D eigenvalue weighted by Crippen LogP contribution is -2.32. The van der Waals surface area contributed by atoms with Gasteiger partial charge in [0, 0.05) is 13.2 Å². The summed E-state index contributed by atoms with van der Waals surface area (Å²) in [4.78, 5) is 11.8. The molecule has 0 unspecified atom stereocenters. The van der Waals surface area contributed by atoms with Gasteiger partial charge in [-0.25, -0.2) is 0 Å². The molecule has 2 rings (SSSR count). The average molecular weight is 263 g/mol. The van der Waals surface area contributed by atoms with E-state index < -0.39 is 0 Å². The van der Waals surface area contributed by atoms with Gasteiger partial charge < -0.3 is 14.8 Å². The molecule has 1 aliphatic rings. The van der Waals surface area contributed by atoms with Gasteiger partial charge in [0.25, 0.3) is 0 Å². The molecule has 1 fully saturated rings. The van der Waals surface area contributed by atoms with Crippen molar-refractivity contribution in [2.24, 2.45) is 0 Å². The minimum absolute atomic E-state index is 0.0417. The lowest BCUT2D eigenvalue weighted by Gasteiger charge is -2.11. The van der Waals surface area contributed by atoms with Crippen LogP contribution in [0.15, 0.2) is 18.2 Å². The van der Waals surface area contributed by atoms with Crippen LogP contribution in [0.25, 0.3) is 0 Å². The van der Waals surface area contributed by atoms with Crippen LogP contribution in [-0.2, 0) is 16.0 Å². The topological polar surface area (TPSA) is 47.6 Å². The summed E-state index contributed by atoms with van der Waals surface area (Å²) in [5.74, 6) is 0.892. The highest BCUT2D eigenvalue weighted by Crippen LogP contribution is 2.18. The maximum atomic E-state index is 11.8. The standard InChI is InChI=1S/C15H21NO3/c1-11-8-12(5-6-14(11)18-2)9-15(17)16-10-13-4-3-7-19-13/h5-6,8,13H,3-4,7,9-10H2,1-2H3,(H,16,17)/t13-/m0/s1. The highest BCUT2D eigenvalue weighted by atomic mass is 16.5. The van der Waals surface area contributed by atoms with Gasteiger partial charge in [0.2, 0.25) is 5.91 Å². The van der Waals surface area contributed by atoms with Crippen LogP contribution in [0.1, 0.15) is 24.0 Å². The van der Waals surface area contributed by atoms with Gasteiger partial charge in [-0.3, -0.25) is 4.79 Å². The minimum atomic E-state index is 0.0417. The van der Waals surface area contributed by atoms with Crippen molar-refractivity contribution in [2.75, 3.05) is 20.3 Å². The Kier molecular flexibility index (Phi) is 4.80. The number of aryl methyl sites for hydroxylation is 1. The maximum Gasteiger partial charge on any atom is 0.224 e. The molecule has 4 heteroatoms. The summed E-state index contributed by atoms with van der Waals surface area (Å²) in [5, 5.41) is 2.93. The highest BCUT2D eigenvalue weighted by molar-refractivity contribution is 5.78. The van der Waals surface area contributed by atoms with Crippen LogP contribution >= 0.6 is 0 Å². The van der Waals surface area contributed by atoms with Crippen LogP contribution < -0.4 is 10.1 Å². The van der Waals surface area contributed by atoms with Crippen LogP contribution in [0.4, 0.5) is 0 Å². The first-order chi connectivity index (χ1) is 9.19. The van der Waals surface area contributed by atoms with Gasteiger partial charge in [0.05, 0.1) is 19.6 Å². The van der Waals surface area contributed by atoms with E-state index in [1.54, 1.807) is 7.11 Å². The monoisotopic (exact) mass is 263 g/mol. The fraction of sp³-hybridized carbons (Fsp3) is 0.533. The van der Waals surface area contributed by atoms with Crippen LogP contribution in [-0.4, -0.2) is 32.3 Å². The first kappa shape index (κ1) is 13.9. The molecule has 0 aromatic heterocycles. The Balaban J connectivity index is 1.82. The molecule has 19 heavy (non-hydrogen) atoms. The van der Waals surface area contributed by atoms with Gasteiger partial charge >= 0.3 is 0 Å². The summed E-state index contributed by atoms with van der Waals surface area (Å²) >= 11 is 0. The number of ether oxygens (including phenoxy) is 2. The fourth-order valence-electron chi connectivity index (χ4n) is 2.33. The third kappa shape index (κ3) is 3.96. The molecule has 0 bridgehead atoms. The number of carbonyl (C=O) groups is 1. The second-order valence-corrected chi connectivity index (χ2v) is 4.92. The molecule has 1 aromatic carbocycles. The Bertz CT molecular complexity index is 439. The summed E-state index contributed by atoms with van der Waals surface area (Å²) in [6, 6.07) is 5.82. The van der Waals surface area contributed by atoms with Gasteiger partial charge in [0.15, 0.2) is 0 Å². The quantitative estimate of drug-likeness (QED) is 0.882. The van der Waals surface area contributed by atoms with Crippen LogP contribution in [0.2, 0.25) is 0 Å². The number of nitrogens with one attached hydrogen (secondary N) is 1. The van der Waals surface area contributed by atoms with E-state index in [-0.39, 0.29) is 12.0 Å². The van der Waals surface area contributed by atoms with Crippen molar-refractivity contribution < 1.29 is 14.3 Å². The molecule has 1 N–H and O–H groups in total. The van der Waals surface area contributed by atoms with Crippen LogP contribution in [0.5, 0.6) is 5.75 Å². The lowest BCUT2D eigenvalue weighted by atomic mass is 10.1. The summed E-state index contributed by atoms with van der Waals surface area (Å²) in [6.45, 7) is 3.42. The van der Waals surface area contributed by atoms with Crippen molar-refractivity contribution >= 4 is 5.91 Å². The number of hydrogen-bond acceptors (Lipinski definition) is 3. The van der Waals surface area contributed by atoms with Gasteiger partial charge in [-0.15, -0.1) is 0 Å². The zero-order valence-electron chi connectivity index (χ0n) is 11.6. The molecule has 1 atom stereocenters. The van der Waals surface area contributed by atoms with E-state index in [0.29, 0.717) is 13.0 Å². The predicted molar refractivity (Wildman–Crippen MR) is 73.4 cm³/mol. The van der Waals surface area contributed by atoms with Crippen LogP contribution in [0, 0.1) is 6.92 Å². The Morgan fingerprint density at radius 3 is 3.00 bits per heavy atom. The zero-order chi connectivity index (χ0) is 13.7. The van der Waals surface area contributed by atoms with Crippen molar-refractivity contribution in [1.29, 1.82) is 0 Å². The van der Waals surface area contributed by atoms with Crippen molar-refractivity contribution in [3.63, 3.8) is 0 Å². The van der Waals surface area contributed by atoms with Crippen molar-refractivity contribution in [1.82, 2.24) is 5.32 Å². The molecule has 1 saturated heterocycles. The fourth-order valence-corrected chi connectivity index (χ4v) is 2.33. The number of carbonyl (C=O) groups excluding carboxylic acids is 1. The number of amides is 1. The molecular formula is C15H21NO3. The van der Waals surface area contributed by atoms with E-state index in [4.69, 9.17) is 9.47 Å². The first-order valence-electron chi connectivity index (χ1n) is 6.71. The molecular weight excluding hydrogens is 242 g/mol. The summed E-state index contributed by atoms with van der Waals surface area (Å²) < 4.78 is 10.7. The summed E-state index contributed by atoms with van der Waals surface area (Å²) in [6.07, 6.45) is 2.74. The maximum absolute atomic E-state index is 11.8. The molecule has 1 aliphatic heterocycles. The average Bonchev–Trinajstić information content (AvgIpc) is 2.90. The third-order valence-corrected chi connectivity index (χ3v) is 3.37. The zero-order valence-corrected chi connectivity index (χ0v) is 11.6. The number of methoxy groups -OCH3 is 1. The molecule has 104 valence electrons. The Hall–Kier alpha value is -1.55. The number of hydrogen-bond donors (Lipinski definition) is 1. The lowest BCUT2D eigenvalue weighted by molar-refractivity contribution is -0.120. The van der Waals surface area contributed by atoms with E-state index in [1.807, 2.05) is 25.1 Å². The molecule has 0 spiro atoms. The largest absolute Gasteiger partial charge is 0.496 e. The molecule has 1 heterocycles. The number of benzene rings is 1. The Morgan fingerprint density at radius 1 is 1.53 bits per heavy atom. The SMILES string of the molecule is COc1ccc(CC(=O)NC[C@@H]2CCCO2)cc1C. The molecule has 0 radical (unpaired) electrons. The van der Waals surface area contributed by atoms with Gasteiger partial charge in [-0.2, -0.15) is 0 Å². The predicted octanol–water partition coefficient (Wildman–Crippen LogP) is 1.84. The summed E-state index contributed by atoms with van der Waals surface area (Å²) in [7, 11) is 1.65. The summed E-state index contributed by atoms with van der Waals surface area (Å²) in [5.41, 5.74) is 2.05. The third-order valence-electron chi connectivity index (χ3n) is 3.37. The molecule has 1 amide bonds. The van der Waals surface area contributed by atoms with Gasteiger partial charge in [0.1, 0.15) is 5.75 Å². The molecule has 0 saturated carbocycles. The molecule has 0 aliphatic carbocycles. The Morgan fingerprint density at radius 2 is 2.37 bits per heavy atom. The molecule has 1 aromatic rings. The van der Waals surface area contributed by atoms with Crippen molar-refractivity contribution in [2.45, 2.75) is 32.3 Å². The van der Waals surface area contributed by atoms with Crippen LogP contribution in [0.3, 0.4) is 0 Å². The van der Waals surface area contributed by atoms with E-state index in [9.17, 15) is 4.79 Å². The van der Waals surface area contributed by atoms with E-state index in [0.717, 1.165) is 36.3 Å². The van der Waals surface area contributed by atoms with Crippen molar-refractivity contribution in [3.05, 3.63) is 29.3 Å². The number of rotatable bonds is 5. The van der Waals surface area contributed by atoms with Gasteiger partial charge in [-0.05, 0) is 37.0 Å². The first-order valence-corrected chi connectivity index (χ1v) is 6.71.